The molecule has 5 nitrogen and oxygen atoms in total. The van der Waals surface area contributed by atoms with E-state index in [1.165, 1.54) is 15.7 Å². The van der Waals surface area contributed by atoms with Crippen LogP contribution >= 0.6 is 0 Å². The Balaban J connectivity index is 1.74. The Morgan fingerprint density at radius 1 is 1.26 bits per heavy atom. The average Bonchev–Trinajstić information content (AvgIpc) is 3.25. The Kier molecular flexibility index (Phi) is 3.01. The highest BCUT2D eigenvalue weighted by Crippen LogP contribution is 2.41. The maximum absolute atomic E-state index is 12.7. The first-order chi connectivity index (χ1) is 11.0. The number of hydrogen-bond donors (Lipinski definition) is 2. The van der Waals surface area contributed by atoms with Gasteiger partial charge in [0, 0.05) is 0 Å². The molecule has 0 bridgehead atoms. The van der Waals surface area contributed by atoms with Crippen LogP contribution in [0.5, 0.6) is 0 Å². The molecule has 5 heteroatoms. The molecule has 0 unspecified atom stereocenters. The number of anilines is 1. The Hall–Kier alpha value is -2.30. The van der Waals surface area contributed by atoms with Gasteiger partial charge >= 0.3 is 5.69 Å². The minimum absolute atomic E-state index is 0.126. The van der Waals surface area contributed by atoms with Crippen LogP contribution < -0.4 is 16.6 Å². The summed E-state index contributed by atoms with van der Waals surface area (Å²) in [4.78, 5) is 28.0. The maximum atomic E-state index is 12.7. The summed E-state index contributed by atoms with van der Waals surface area (Å²) in [5.41, 5.74) is 2.40. The lowest BCUT2D eigenvalue weighted by molar-refractivity contribution is 0.477. The Bertz CT molecular complexity index is 890. The van der Waals surface area contributed by atoms with E-state index in [-0.39, 0.29) is 22.8 Å². The van der Waals surface area contributed by atoms with Crippen LogP contribution in [0.1, 0.15) is 48.9 Å². The lowest BCUT2D eigenvalue weighted by Crippen LogP contribution is -2.44. The van der Waals surface area contributed by atoms with Crippen molar-refractivity contribution >= 4 is 5.82 Å². The number of nitrogens with one attached hydrogen (secondary N) is 2. The Morgan fingerprint density at radius 3 is 2.74 bits per heavy atom. The van der Waals surface area contributed by atoms with Gasteiger partial charge < -0.3 is 5.32 Å². The number of rotatable bonds is 2. The number of fused-ring (bicyclic) bond motifs is 1. The number of benzene rings is 1. The molecular formula is C18H21N3O2. The van der Waals surface area contributed by atoms with E-state index in [1.807, 2.05) is 13.0 Å². The quantitative estimate of drug-likeness (QED) is 0.895. The zero-order valence-corrected chi connectivity index (χ0v) is 13.5. The number of H-pyrrole nitrogens is 1. The summed E-state index contributed by atoms with van der Waals surface area (Å²) in [6.45, 7) is 4.04. The van der Waals surface area contributed by atoms with Crippen LogP contribution in [-0.2, 0) is 12.0 Å². The van der Waals surface area contributed by atoms with Crippen LogP contribution in [0.3, 0.4) is 0 Å². The molecule has 2 aliphatic rings. The summed E-state index contributed by atoms with van der Waals surface area (Å²) >= 11 is 0. The Morgan fingerprint density at radius 2 is 2.04 bits per heavy atom. The van der Waals surface area contributed by atoms with E-state index in [1.54, 1.807) is 0 Å². The molecule has 1 aromatic carbocycles. The first kappa shape index (κ1) is 14.3. The van der Waals surface area contributed by atoms with Crippen molar-refractivity contribution in [1.29, 1.82) is 0 Å². The van der Waals surface area contributed by atoms with Crippen molar-refractivity contribution < 1.29 is 0 Å². The zero-order valence-electron chi connectivity index (χ0n) is 13.5. The van der Waals surface area contributed by atoms with Gasteiger partial charge in [-0.2, -0.15) is 0 Å². The molecule has 1 atom stereocenters. The fraction of sp³-hybridized carbons (Fsp3) is 0.444. The molecule has 1 aromatic heterocycles. The van der Waals surface area contributed by atoms with Crippen molar-refractivity contribution in [1.82, 2.24) is 9.55 Å². The first-order valence-electron chi connectivity index (χ1n) is 8.20. The molecule has 4 rings (SSSR count). The normalized spacial score (nSPS) is 21.4. The fourth-order valence-electron chi connectivity index (χ4n) is 3.49. The van der Waals surface area contributed by atoms with Crippen molar-refractivity contribution in [3.05, 3.63) is 61.8 Å². The van der Waals surface area contributed by atoms with Gasteiger partial charge in [0.05, 0.1) is 17.1 Å². The second-order valence-corrected chi connectivity index (χ2v) is 7.07. The smallest absolute Gasteiger partial charge is 0.330 e. The SMILES string of the molecule is Cc1cccc([C@H]2CCc3c([nH]c(=O)n(C4(C)CC4)c3=O)N2)c1. The van der Waals surface area contributed by atoms with Gasteiger partial charge in [-0.05, 0) is 45.1 Å². The second-order valence-electron chi connectivity index (χ2n) is 7.07. The van der Waals surface area contributed by atoms with Crippen LogP contribution in [0.2, 0.25) is 0 Å². The highest BCUT2D eigenvalue weighted by molar-refractivity contribution is 5.48. The molecule has 2 heterocycles. The third-order valence-corrected chi connectivity index (χ3v) is 5.16. The van der Waals surface area contributed by atoms with Gasteiger partial charge in [-0.25, -0.2) is 4.79 Å². The third-order valence-electron chi connectivity index (χ3n) is 5.16. The monoisotopic (exact) mass is 311 g/mol. The molecule has 120 valence electrons. The van der Waals surface area contributed by atoms with Crippen molar-refractivity contribution in [3.8, 4) is 0 Å². The maximum Gasteiger partial charge on any atom is 0.330 e. The molecule has 1 fully saturated rings. The molecule has 0 saturated heterocycles. The standard InChI is InChI=1S/C18H21N3O2/c1-11-4-3-5-12(10-11)14-7-6-13-15(19-14)20-17(23)21(16(13)22)18(2)8-9-18/h3-5,10,14,19H,6-9H2,1-2H3,(H,20,23)/t14-/m1/s1. The van der Waals surface area contributed by atoms with Gasteiger partial charge in [-0.1, -0.05) is 29.8 Å². The van der Waals surface area contributed by atoms with E-state index >= 15 is 0 Å². The minimum Gasteiger partial charge on any atom is -0.364 e. The molecule has 1 aliphatic carbocycles. The zero-order chi connectivity index (χ0) is 16.2. The van der Waals surface area contributed by atoms with Crippen molar-refractivity contribution in [2.75, 3.05) is 5.32 Å². The third kappa shape index (κ3) is 2.31. The van der Waals surface area contributed by atoms with Gasteiger partial charge in [0.1, 0.15) is 5.82 Å². The number of aromatic amines is 1. The van der Waals surface area contributed by atoms with Crippen molar-refractivity contribution in [2.24, 2.45) is 0 Å². The van der Waals surface area contributed by atoms with Crippen molar-refractivity contribution in [2.45, 2.75) is 51.1 Å². The molecule has 2 N–H and O–H groups in total. The summed E-state index contributed by atoms with van der Waals surface area (Å²) in [5.74, 6) is 0.596. The van der Waals surface area contributed by atoms with Crippen molar-refractivity contribution in [3.63, 3.8) is 0 Å². The highest BCUT2D eigenvalue weighted by atomic mass is 16.2. The van der Waals surface area contributed by atoms with Gasteiger partial charge in [0.15, 0.2) is 0 Å². The molecular weight excluding hydrogens is 290 g/mol. The van der Waals surface area contributed by atoms with E-state index < -0.39 is 0 Å². The van der Waals surface area contributed by atoms with Crippen LogP contribution in [-0.4, -0.2) is 9.55 Å². The largest absolute Gasteiger partial charge is 0.364 e. The fourth-order valence-corrected chi connectivity index (χ4v) is 3.49. The first-order valence-corrected chi connectivity index (χ1v) is 8.20. The number of aryl methyl sites for hydroxylation is 1. The van der Waals surface area contributed by atoms with Gasteiger partial charge in [0.2, 0.25) is 0 Å². The van der Waals surface area contributed by atoms with E-state index in [4.69, 9.17) is 0 Å². The van der Waals surface area contributed by atoms with E-state index in [2.05, 4.69) is 35.4 Å². The van der Waals surface area contributed by atoms with Crippen LogP contribution in [0, 0.1) is 6.92 Å². The van der Waals surface area contributed by atoms with Crippen LogP contribution in [0.15, 0.2) is 33.9 Å². The lowest BCUT2D eigenvalue weighted by Gasteiger charge is -2.27. The van der Waals surface area contributed by atoms with E-state index in [0.717, 1.165) is 19.3 Å². The molecule has 1 aliphatic heterocycles. The predicted molar refractivity (Wildman–Crippen MR) is 90.1 cm³/mol. The molecule has 0 amide bonds. The molecule has 0 radical (unpaired) electrons. The molecule has 23 heavy (non-hydrogen) atoms. The minimum atomic E-state index is -0.300. The summed E-state index contributed by atoms with van der Waals surface area (Å²) < 4.78 is 1.42. The molecule has 0 spiro atoms. The van der Waals surface area contributed by atoms with Gasteiger partial charge in [-0.3, -0.25) is 14.3 Å². The number of nitrogens with zero attached hydrogens (tertiary/aromatic N) is 1. The van der Waals surface area contributed by atoms with Crippen LogP contribution in [0.25, 0.3) is 0 Å². The Labute approximate surface area is 134 Å². The van der Waals surface area contributed by atoms with E-state index in [9.17, 15) is 9.59 Å². The molecule has 2 aromatic rings. The summed E-state index contributed by atoms with van der Waals surface area (Å²) in [7, 11) is 0. The summed E-state index contributed by atoms with van der Waals surface area (Å²) in [6, 6.07) is 8.46. The number of aromatic nitrogens is 2. The lowest BCUT2D eigenvalue weighted by atomic mass is 9.95. The molecule has 1 saturated carbocycles. The topological polar surface area (TPSA) is 66.9 Å². The number of hydrogen-bond acceptors (Lipinski definition) is 3. The highest BCUT2D eigenvalue weighted by Gasteiger charge is 2.42. The van der Waals surface area contributed by atoms with E-state index in [0.29, 0.717) is 17.8 Å². The van der Waals surface area contributed by atoms with Crippen LogP contribution in [0.4, 0.5) is 5.82 Å². The summed E-state index contributed by atoms with van der Waals surface area (Å²) in [6.07, 6.45) is 3.34. The average molecular weight is 311 g/mol. The summed E-state index contributed by atoms with van der Waals surface area (Å²) in [5, 5.41) is 3.35. The van der Waals surface area contributed by atoms with Gasteiger partial charge in [0.25, 0.3) is 5.56 Å². The second kappa shape index (κ2) is 4.85. The predicted octanol–water partition coefficient (Wildman–Crippen LogP) is 2.45. The van der Waals surface area contributed by atoms with Gasteiger partial charge in [-0.15, -0.1) is 0 Å².